The largest absolute Gasteiger partial charge is 0.479 e. The molecule has 0 amide bonds. The van der Waals surface area contributed by atoms with Gasteiger partial charge in [-0.25, -0.2) is 4.79 Å². The van der Waals surface area contributed by atoms with Crippen LogP contribution in [-0.2, 0) is 42.9 Å². The minimum atomic E-state index is -1.92. The van der Waals surface area contributed by atoms with Crippen LogP contribution in [0, 0.1) is 0 Å². The first kappa shape index (κ1) is 72.7. The van der Waals surface area contributed by atoms with Crippen molar-refractivity contribution >= 4 is 23.9 Å². The molecule has 6 unspecified atom stereocenters. The topological polar surface area (TPSA) is 175 Å². The van der Waals surface area contributed by atoms with Gasteiger partial charge in [0.2, 0.25) is 0 Å². The summed E-state index contributed by atoms with van der Waals surface area (Å²) in [5.41, 5.74) is 0. The number of esters is 3. The number of aliphatic hydroxyl groups is 2. The minimum Gasteiger partial charge on any atom is -0.479 e. The van der Waals surface area contributed by atoms with E-state index in [4.69, 9.17) is 23.7 Å². The Morgan fingerprint density at radius 1 is 0.430 bits per heavy atom. The SMILES string of the molecule is CC/C=C\C/C=C\C/C=C\C/C=C\CCCCCCC(=O)OCC(COC1OC(C(=O)O)C(O)C(O)C1OC(=O)CCCCCC/C=C\C/C=C\C/C=C\C/C=C\CC)OC(=O)CCCCCCCCCCCCCCCCC. The number of carbonyl (C=O) groups excluding carboxylic acids is 3. The molecule has 1 aliphatic heterocycles. The van der Waals surface area contributed by atoms with Gasteiger partial charge in [0.15, 0.2) is 24.6 Å². The van der Waals surface area contributed by atoms with Crippen LogP contribution in [0.5, 0.6) is 0 Å². The van der Waals surface area contributed by atoms with E-state index >= 15 is 0 Å². The molecule has 12 nitrogen and oxygen atoms in total. The summed E-state index contributed by atoms with van der Waals surface area (Å²) >= 11 is 0. The van der Waals surface area contributed by atoms with Gasteiger partial charge in [0.05, 0.1) is 6.61 Å². The number of carbonyl (C=O) groups is 4. The third-order valence-electron chi connectivity index (χ3n) is 13.7. The number of hydrogen-bond acceptors (Lipinski definition) is 11. The first-order chi connectivity index (χ1) is 38.6. The van der Waals surface area contributed by atoms with Crippen LogP contribution in [-0.4, -0.2) is 89.2 Å². The summed E-state index contributed by atoms with van der Waals surface area (Å²) in [7, 11) is 0. The average molecular weight is 1110 g/mol. The Morgan fingerprint density at radius 2 is 0.797 bits per heavy atom. The lowest BCUT2D eigenvalue weighted by atomic mass is 9.98. The fourth-order valence-corrected chi connectivity index (χ4v) is 8.94. The molecule has 6 atom stereocenters. The van der Waals surface area contributed by atoms with Gasteiger partial charge in [0.1, 0.15) is 18.8 Å². The smallest absolute Gasteiger partial charge is 0.335 e. The fourth-order valence-electron chi connectivity index (χ4n) is 8.94. The third-order valence-corrected chi connectivity index (χ3v) is 13.7. The summed E-state index contributed by atoms with van der Waals surface area (Å²) in [6.45, 7) is 5.75. The molecular weight excluding hydrogens is 997 g/mol. The highest BCUT2D eigenvalue weighted by atomic mass is 16.7. The molecule has 1 rings (SSSR count). The van der Waals surface area contributed by atoms with Crippen molar-refractivity contribution in [3.05, 3.63) is 97.2 Å². The van der Waals surface area contributed by atoms with Crippen LogP contribution in [0.2, 0.25) is 0 Å². The van der Waals surface area contributed by atoms with Crippen LogP contribution in [0.4, 0.5) is 0 Å². The van der Waals surface area contributed by atoms with Gasteiger partial charge in [0, 0.05) is 19.3 Å². The molecule has 79 heavy (non-hydrogen) atoms. The molecule has 1 heterocycles. The van der Waals surface area contributed by atoms with Crippen molar-refractivity contribution in [1.82, 2.24) is 0 Å². The molecule has 12 heteroatoms. The Morgan fingerprint density at radius 3 is 1.22 bits per heavy atom. The Kier molecular flexibility index (Phi) is 49.9. The van der Waals surface area contributed by atoms with E-state index in [-0.39, 0.29) is 25.9 Å². The van der Waals surface area contributed by atoms with Gasteiger partial charge in [0.25, 0.3) is 0 Å². The molecule has 0 aromatic carbocycles. The average Bonchev–Trinajstić information content (AvgIpc) is 3.47. The molecule has 0 aromatic rings. The second-order valence-electron chi connectivity index (χ2n) is 20.9. The number of ether oxygens (including phenoxy) is 5. The van der Waals surface area contributed by atoms with Gasteiger partial charge < -0.3 is 39.0 Å². The molecule has 450 valence electrons. The summed E-state index contributed by atoms with van der Waals surface area (Å²) in [5.74, 6) is -3.18. The van der Waals surface area contributed by atoms with Crippen LogP contribution < -0.4 is 0 Å². The highest BCUT2D eigenvalue weighted by molar-refractivity contribution is 5.74. The number of aliphatic hydroxyl groups excluding tert-OH is 2. The van der Waals surface area contributed by atoms with Crippen LogP contribution in [0.1, 0.15) is 252 Å². The maximum Gasteiger partial charge on any atom is 0.335 e. The molecular formula is C67H110O12. The van der Waals surface area contributed by atoms with Crippen molar-refractivity contribution in [1.29, 1.82) is 0 Å². The monoisotopic (exact) mass is 1110 g/mol. The van der Waals surface area contributed by atoms with Gasteiger partial charge in [-0.2, -0.15) is 0 Å². The molecule has 0 aliphatic carbocycles. The fraction of sp³-hybridized carbons (Fsp3) is 0.701. The van der Waals surface area contributed by atoms with E-state index in [2.05, 4.69) is 118 Å². The van der Waals surface area contributed by atoms with Crippen molar-refractivity contribution in [3.63, 3.8) is 0 Å². The lowest BCUT2D eigenvalue weighted by Gasteiger charge is -2.40. The maximum absolute atomic E-state index is 13.2. The number of allylic oxidation sites excluding steroid dienone is 16. The first-order valence-corrected chi connectivity index (χ1v) is 31.2. The standard InChI is InChI=1S/C67H110O12/c1-4-7-10-13-16-19-22-25-28-30-33-35-38-41-44-47-50-53-59(68)75-56-58(77-60(69)54-51-48-45-42-39-36-32-27-24-21-18-15-12-9-6-3)57-76-67-65(63(72)62(71)64(79-67)66(73)74)78-61(70)55-52-49-46-43-40-37-34-31-29-26-23-20-17-14-11-8-5-2/h7-8,10-11,16-17,19-20,25-26,28-29,33-35,37,58,62-65,67,71-72H,4-6,9,12-15,18,21-24,27,30-32,36,38-57H2,1-3H3,(H,73,74)/b10-7-,11-8-,19-16-,20-17-,28-25-,29-26-,35-33-,37-34-. The molecule has 3 N–H and O–H groups in total. The highest BCUT2D eigenvalue weighted by Gasteiger charge is 2.50. The molecule has 1 saturated heterocycles. The van der Waals surface area contributed by atoms with Gasteiger partial charge in [-0.15, -0.1) is 0 Å². The zero-order valence-corrected chi connectivity index (χ0v) is 49.6. The second-order valence-corrected chi connectivity index (χ2v) is 20.9. The summed E-state index contributed by atoms with van der Waals surface area (Å²) in [5, 5.41) is 31.5. The lowest BCUT2D eigenvalue weighted by molar-refractivity contribution is -0.301. The van der Waals surface area contributed by atoms with Crippen LogP contribution in [0.25, 0.3) is 0 Å². The molecule has 0 spiro atoms. The summed E-state index contributed by atoms with van der Waals surface area (Å²) in [6.07, 6.45) is 59.3. The molecule has 0 bridgehead atoms. The van der Waals surface area contributed by atoms with E-state index < -0.39 is 67.3 Å². The molecule has 1 aliphatic rings. The molecule has 0 aromatic heterocycles. The summed E-state index contributed by atoms with van der Waals surface area (Å²) < 4.78 is 28.5. The van der Waals surface area contributed by atoms with E-state index in [1.54, 1.807) is 0 Å². The Labute approximate surface area is 479 Å². The van der Waals surface area contributed by atoms with Crippen LogP contribution in [0.15, 0.2) is 97.2 Å². The van der Waals surface area contributed by atoms with Crippen molar-refractivity contribution in [2.45, 2.75) is 289 Å². The zero-order chi connectivity index (χ0) is 57.5. The Bertz CT molecular complexity index is 1740. The highest BCUT2D eigenvalue weighted by Crippen LogP contribution is 2.26. The Hall–Kier alpha value is -4.36. The molecule has 0 radical (unpaired) electrons. The van der Waals surface area contributed by atoms with Crippen molar-refractivity contribution in [2.24, 2.45) is 0 Å². The number of carboxylic acids is 1. The van der Waals surface area contributed by atoms with E-state index in [0.717, 1.165) is 122 Å². The van der Waals surface area contributed by atoms with Gasteiger partial charge in [-0.05, 0) is 96.3 Å². The first-order valence-electron chi connectivity index (χ1n) is 31.2. The van der Waals surface area contributed by atoms with Crippen molar-refractivity contribution in [2.75, 3.05) is 13.2 Å². The van der Waals surface area contributed by atoms with Gasteiger partial charge in [-0.1, -0.05) is 234 Å². The predicted molar refractivity (Wildman–Crippen MR) is 321 cm³/mol. The normalized spacial score (nSPS) is 18.5. The lowest BCUT2D eigenvalue weighted by Crippen LogP contribution is -2.61. The van der Waals surface area contributed by atoms with Crippen molar-refractivity contribution < 1.29 is 58.2 Å². The number of carboxylic acid groups (broad SMARTS) is 1. The van der Waals surface area contributed by atoms with Crippen LogP contribution >= 0.6 is 0 Å². The quantitative estimate of drug-likeness (QED) is 0.0228. The zero-order valence-electron chi connectivity index (χ0n) is 49.6. The molecule has 1 fully saturated rings. The van der Waals surface area contributed by atoms with E-state index in [1.165, 1.54) is 70.6 Å². The van der Waals surface area contributed by atoms with Crippen molar-refractivity contribution in [3.8, 4) is 0 Å². The van der Waals surface area contributed by atoms with E-state index in [0.29, 0.717) is 19.3 Å². The van der Waals surface area contributed by atoms with Crippen LogP contribution in [0.3, 0.4) is 0 Å². The van der Waals surface area contributed by atoms with E-state index in [9.17, 15) is 34.5 Å². The Balaban J connectivity index is 2.71. The minimum absolute atomic E-state index is 0.0269. The van der Waals surface area contributed by atoms with E-state index in [1.807, 2.05) is 0 Å². The van der Waals surface area contributed by atoms with Gasteiger partial charge >= 0.3 is 23.9 Å². The van der Waals surface area contributed by atoms with Gasteiger partial charge in [-0.3, -0.25) is 14.4 Å². The molecule has 0 saturated carbocycles. The maximum atomic E-state index is 13.2. The predicted octanol–water partition coefficient (Wildman–Crippen LogP) is 16.5. The number of rotatable bonds is 52. The number of unbranched alkanes of at least 4 members (excludes halogenated alkanes) is 22. The second kappa shape index (κ2) is 54.2. The number of hydrogen-bond donors (Lipinski definition) is 3. The number of aliphatic carboxylic acids is 1. The summed E-state index contributed by atoms with van der Waals surface area (Å²) in [4.78, 5) is 51.3. The third kappa shape index (κ3) is 44.0. The summed E-state index contributed by atoms with van der Waals surface area (Å²) in [6, 6.07) is 0.